The van der Waals surface area contributed by atoms with E-state index in [0.29, 0.717) is 0 Å². The zero-order valence-corrected chi connectivity index (χ0v) is 9.69. The Morgan fingerprint density at radius 3 is 2.69 bits per heavy atom. The molecule has 1 aliphatic heterocycles. The predicted octanol–water partition coefficient (Wildman–Crippen LogP) is 1.41. The highest BCUT2D eigenvalue weighted by atomic mass is 16.5. The van der Waals surface area contributed by atoms with Crippen LogP contribution in [0.1, 0.15) is 12.0 Å². The molecule has 0 amide bonds. The number of anilines is 1. The first-order valence-electron chi connectivity index (χ1n) is 6.02. The van der Waals surface area contributed by atoms with Crippen LogP contribution in [-0.4, -0.2) is 32.8 Å². The van der Waals surface area contributed by atoms with E-state index >= 15 is 0 Å². The van der Waals surface area contributed by atoms with Gasteiger partial charge in [-0.25, -0.2) is 0 Å². The quantitative estimate of drug-likeness (QED) is 0.834. The van der Waals surface area contributed by atoms with E-state index in [0.717, 1.165) is 45.7 Å². The van der Waals surface area contributed by atoms with Crippen molar-refractivity contribution in [3.8, 4) is 0 Å². The lowest BCUT2D eigenvalue weighted by molar-refractivity contribution is 0.122. The molecule has 3 nitrogen and oxygen atoms in total. The largest absolute Gasteiger partial charge is 0.378 e. The van der Waals surface area contributed by atoms with Crippen molar-refractivity contribution in [3.05, 3.63) is 29.8 Å². The second-order valence-electron chi connectivity index (χ2n) is 4.12. The Hall–Kier alpha value is -1.06. The van der Waals surface area contributed by atoms with Gasteiger partial charge in [-0.05, 0) is 31.0 Å². The Balaban J connectivity index is 2.11. The molecule has 1 fully saturated rings. The smallest absolute Gasteiger partial charge is 0.0642 e. The fraction of sp³-hybridized carbons (Fsp3) is 0.538. The first kappa shape index (κ1) is 11.4. The summed E-state index contributed by atoms with van der Waals surface area (Å²) in [5.41, 5.74) is 8.34. The summed E-state index contributed by atoms with van der Waals surface area (Å²) in [5.74, 6) is 0. The third-order valence-corrected chi connectivity index (χ3v) is 2.99. The van der Waals surface area contributed by atoms with E-state index in [1.54, 1.807) is 0 Å². The molecule has 88 valence electrons. The van der Waals surface area contributed by atoms with Crippen molar-refractivity contribution in [3.63, 3.8) is 0 Å². The lowest BCUT2D eigenvalue weighted by Gasteiger charge is -2.30. The number of ether oxygens (including phenoxy) is 1. The molecule has 1 aromatic rings. The van der Waals surface area contributed by atoms with Gasteiger partial charge in [-0.15, -0.1) is 0 Å². The molecule has 3 heteroatoms. The fourth-order valence-electron chi connectivity index (χ4n) is 2.13. The molecule has 16 heavy (non-hydrogen) atoms. The van der Waals surface area contributed by atoms with Crippen molar-refractivity contribution in [1.82, 2.24) is 0 Å². The number of morpholine rings is 1. The first-order chi connectivity index (χ1) is 7.92. The number of hydrogen-bond acceptors (Lipinski definition) is 3. The van der Waals surface area contributed by atoms with Crippen molar-refractivity contribution < 1.29 is 4.74 Å². The third-order valence-electron chi connectivity index (χ3n) is 2.99. The van der Waals surface area contributed by atoms with Gasteiger partial charge in [-0.3, -0.25) is 0 Å². The minimum absolute atomic E-state index is 0.761. The van der Waals surface area contributed by atoms with Gasteiger partial charge in [0, 0.05) is 18.8 Å². The summed E-state index contributed by atoms with van der Waals surface area (Å²) in [6.45, 7) is 4.44. The highest BCUT2D eigenvalue weighted by Gasteiger charge is 2.13. The summed E-state index contributed by atoms with van der Waals surface area (Å²) in [7, 11) is 0. The average Bonchev–Trinajstić information content (AvgIpc) is 2.38. The number of benzene rings is 1. The highest BCUT2D eigenvalue weighted by Crippen LogP contribution is 2.22. The van der Waals surface area contributed by atoms with E-state index in [-0.39, 0.29) is 0 Å². The Bertz CT molecular complexity index is 321. The SMILES string of the molecule is NCCCc1ccccc1N1CCOCC1. The molecule has 0 aromatic heterocycles. The number of para-hydroxylation sites is 1. The zero-order chi connectivity index (χ0) is 11.2. The summed E-state index contributed by atoms with van der Waals surface area (Å²) in [6.07, 6.45) is 2.13. The van der Waals surface area contributed by atoms with Crippen molar-refractivity contribution in [1.29, 1.82) is 0 Å². The molecule has 0 bridgehead atoms. The highest BCUT2D eigenvalue weighted by molar-refractivity contribution is 5.54. The van der Waals surface area contributed by atoms with Crippen LogP contribution in [0.25, 0.3) is 0 Å². The van der Waals surface area contributed by atoms with E-state index in [1.165, 1.54) is 11.3 Å². The molecule has 1 aromatic carbocycles. The molecule has 0 aliphatic carbocycles. The second-order valence-corrected chi connectivity index (χ2v) is 4.12. The van der Waals surface area contributed by atoms with Crippen molar-refractivity contribution in [2.75, 3.05) is 37.7 Å². The minimum atomic E-state index is 0.761. The Kier molecular flexibility index (Phi) is 4.19. The Labute approximate surface area is 97.2 Å². The van der Waals surface area contributed by atoms with Crippen LogP contribution in [0.2, 0.25) is 0 Å². The molecule has 0 radical (unpaired) electrons. The summed E-state index contributed by atoms with van der Waals surface area (Å²) in [6, 6.07) is 8.63. The molecule has 2 N–H and O–H groups in total. The van der Waals surface area contributed by atoms with Gasteiger partial charge in [-0.2, -0.15) is 0 Å². The van der Waals surface area contributed by atoms with Crippen molar-refractivity contribution in [2.45, 2.75) is 12.8 Å². The van der Waals surface area contributed by atoms with Crippen molar-refractivity contribution in [2.24, 2.45) is 5.73 Å². The molecular weight excluding hydrogens is 200 g/mol. The van der Waals surface area contributed by atoms with E-state index in [1.807, 2.05) is 0 Å². The minimum Gasteiger partial charge on any atom is -0.378 e. The maximum Gasteiger partial charge on any atom is 0.0642 e. The Morgan fingerprint density at radius 1 is 1.19 bits per heavy atom. The van der Waals surface area contributed by atoms with Gasteiger partial charge < -0.3 is 15.4 Å². The third kappa shape index (κ3) is 2.74. The molecule has 0 unspecified atom stereocenters. The van der Waals surface area contributed by atoms with Crippen LogP contribution in [0.3, 0.4) is 0 Å². The maximum absolute atomic E-state index is 5.57. The van der Waals surface area contributed by atoms with E-state index in [4.69, 9.17) is 10.5 Å². The monoisotopic (exact) mass is 220 g/mol. The van der Waals surface area contributed by atoms with Gasteiger partial charge in [0.25, 0.3) is 0 Å². The second kappa shape index (κ2) is 5.87. The topological polar surface area (TPSA) is 38.5 Å². The number of hydrogen-bond donors (Lipinski definition) is 1. The molecule has 1 aliphatic rings. The van der Waals surface area contributed by atoms with E-state index in [2.05, 4.69) is 29.2 Å². The maximum atomic E-state index is 5.57. The van der Waals surface area contributed by atoms with Gasteiger partial charge in [0.15, 0.2) is 0 Å². The number of aryl methyl sites for hydroxylation is 1. The van der Waals surface area contributed by atoms with Gasteiger partial charge in [0.05, 0.1) is 13.2 Å². The molecule has 1 heterocycles. The van der Waals surface area contributed by atoms with Crippen LogP contribution < -0.4 is 10.6 Å². The summed E-state index contributed by atoms with van der Waals surface area (Å²) >= 11 is 0. The fourth-order valence-corrected chi connectivity index (χ4v) is 2.13. The molecule has 0 atom stereocenters. The van der Waals surface area contributed by atoms with Gasteiger partial charge in [-0.1, -0.05) is 18.2 Å². The normalized spacial score (nSPS) is 16.4. The van der Waals surface area contributed by atoms with E-state index in [9.17, 15) is 0 Å². The van der Waals surface area contributed by atoms with Crippen LogP contribution in [-0.2, 0) is 11.2 Å². The lowest BCUT2D eigenvalue weighted by atomic mass is 10.1. The van der Waals surface area contributed by atoms with Crippen LogP contribution >= 0.6 is 0 Å². The van der Waals surface area contributed by atoms with Gasteiger partial charge >= 0.3 is 0 Å². The van der Waals surface area contributed by atoms with Crippen molar-refractivity contribution >= 4 is 5.69 Å². The standard InChI is InChI=1S/C13H20N2O/c14-7-3-5-12-4-1-2-6-13(12)15-8-10-16-11-9-15/h1-2,4,6H,3,5,7-11,14H2. The zero-order valence-electron chi connectivity index (χ0n) is 9.69. The number of nitrogens with zero attached hydrogens (tertiary/aromatic N) is 1. The van der Waals surface area contributed by atoms with Gasteiger partial charge in [0.1, 0.15) is 0 Å². The molecule has 0 spiro atoms. The van der Waals surface area contributed by atoms with Crippen LogP contribution in [0, 0.1) is 0 Å². The predicted molar refractivity (Wildman–Crippen MR) is 66.8 cm³/mol. The van der Waals surface area contributed by atoms with Crippen LogP contribution in [0.15, 0.2) is 24.3 Å². The summed E-state index contributed by atoms with van der Waals surface area (Å²) in [5, 5.41) is 0. The summed E-state index contributed by atoms with van der Waals surface area (Å²) < 4.78 is 5.38. The van der Waals surface area contributed by atoms with Crippen LogP contribution in [0.4, 0.5) is 5.69 Å². The molecular formula is C13H20N2O. The summed E-state index contributed by atoms with van der Waals surface area (Å²) in [4.78, 5) is 2.41. The van der Waals surface area contributed by atoms with Gasteiger partial charge in [0.2, 0.25) is 0 Å². The lowest BCUT2D eigenvalue weighted by Crippen LogP contribution is -2.36. The average molecular weight is 220 g/mol. The van der Waals surface area contributed by atoms with E-state index < -0.39 is 0 Å². The molecule has 2 rings (SSSR count). The number of nitrogens with two attached hydrogens (primary N) is 1. The number of rotatable bonds is 4. The Morgan fingerprint density at radius 2 is 1.94 bits per heavy atom. The molecule has 1 saturated heterocycles. The first-order valence-corrected chi connectivity index (χ1v) is 6.02. The van der Waals surface area contributed by atoms with Crippen LogP contribution in [0.5, 0.6) is 0 Å². The molecule has 0 saturated carbocycles.